The normalized spacial score (nSPS) is 18.4. The fourth-order valence-corrected chi connectivity index (χ4v) is 4.61. The lowest BCUT2D eigenvalue weighted by Crippen LogP contribution is -2.48. The largest absolute Gasteiger partial charge is 0.492 e. The number of hydrogen-bond donors (Lipinski definition) is 0. The third kappa shape index (κ3) is 4.18. The number of carbonyl (C=O) groups excluding carboxylic acids is 1. The van der Waals surface area contributed by atoms with Crippen LogP contribution in [-0.2, 0) is 0 Å². The van der Waals surface area contributed by atoms with Gasteiger partial charge in [0.15, 0.2) is 0 Å². The highest BCUT2D eigenvalue weighted by atomic mass is 16.5. The van der Waals surface area contributed by atoms with E-state index >= 15 is 0 Å². The van der Waals surface area contributed by atoms with Gasteiger partial charge in [-0.1, -0.05) is 23.8 Å². The Kier molecular flexibility index (Phi) is 5.77. The summed E-state index contributed by atoms with van der Waals surface area (Å²) in [7, 11) is 0. The Morgan fingerprint density at radius 2 is 1.91 bits per heavy atom. The maximum absolute atomic E-state index is 13.7. The van der Waals surface area contributed by atoms with Crippen LogP contribution in [0.5, 0.6) is 5.75 Å². The van der Waals surface area contributed by atoms with Gasteiger partial charge in [0.05, 0.1) is 35.8 Å². The van der Waals surface area contributed by atoms with Crippen LogP contribution >= 0.6 is 0 Å². The molecule has 2 aromatic carbocycles. The number of piperidine rings is 1. The Balaban J connectivity index is 1.36. The lowest BCUT2D eigenvalue weighted by Gasteiger charge is -2.39. The third-order valence-corrected chi connectivity index (χ3v) is 6.49. The van der Waals surface area contributed by atoms with E-state index in [1.54, 1.807) is 18.6 Å². The summed E-state index contributed by atoms with van der Waals surface area (Å²) in [6.07, 6.45) is 6.99. The number of nitrogens with zero attached hydrogens (tertiary/aromatic N) is 5. The summed E-state index contributed by atoms with van der Waals surface area (Å²) < 4.78 is 6.26. The van der Waals surface area contributed by atoms with E-state index in [0.29, 0.717) is 17.9 Å². The fraction of sp³-hybridized carbons (Fsp3) is 0.308. The Morgan fingerprint density at radius 1 is 1.09 bits per heavy atom. The van der Waals surface area contributed by atoms with Gasteiger partial charge in [-0.2, -0.15) is 15.0 Å². The molecule has 0 aliphatic carbocycles. The van der Waals surface area contributed by atoms with Crippen molar-refractivity contribution in [1.29, 1.82) is 0 Å². The van der Waals surface area contributed by atoms with Crippen LogP contribution in [0.3, 0.4) is 0 Å². The van der Waals surface area contributed by atoms with Crippen molar-refractivity contribution in [2.24, 2.45) is 5.92 Å². The molecule has 0 bridgehead atoms. The molecule has 7 nitrogen and oxygen atoms in total. The van der Waals surface area contributed by atoms with Crippen LogP contribution in [0.2, 0.25) is 0 Å². The minimum absolute atomic E-state index is 0.0116. The molecular weight excluding hydrogens is 414 g/mol. The average Bonchev–Trinajstić information content (AvgIpc) is 3.38. The van der Waals surface area contributed by atoms with Crippen molar-refractivity contribution in [2.45, 2.75) is 32.7 Å². The number of aryl methyl sites for hydroxylation is 1. The van der Waals surface area contributed by atoms with Crippen molar-refractivity contribution in [1.82, 2.24) is 24.9 Å². The van der Waals surface area contributed by atoms with Crippen molar-refractivity contribution >= 4 is 16.8 Å². The molecule has 0 saturated carbocycles. The van der Waals surface area contributed by atoms with Gasteiger partial charge in [-0.05, 0) is 57.0 Å². The molecule has 0 N–H and O–H groups in total. The number of likely N-dealkylation sites (tertiary alicyclic amines) is 1. The zero-order chi connectivity index (χ0) is 22.8. The van der Waals surface area contributed by atoms with E-state index in [1.165, 1.54) is 4.80 Å². The number of rotatable bonds is 5. The summed E-state index contributed by atoms with van der Waals surface area (Å²) >= 11 is 0. The first kappa shape index (κ1) is 21.1. The van der Waals surface area contributed by atoms with Crippen LogP contribution in [0.1, 0.15) is 35.7 Å². The zero-order valence-corrected chi connectivity index (χ0v) is 18.9. The molecule has 1 fully saturated rings. The van der Waals surface area contributed by atoms with Gasteiger partial charge in [0, 0.05) is 30.1 Å². The highest BCUT2D eigenvalue weighted by Gasteiger charge is 2.33. The highest BCUT2D eigenvalue weighted by molar-refractivity contribution is 5.98. The van der Waals surface area contributed by atoms with Crippen molar-refractivity contribution in [3.8, 4) is 11.4 Å². The van der Waals surface area contributed by atoms with Crippen LogP contribution < -0.4 is 4.74 Å². The first-order valence-corrected chi connectivity index (χ1v) is 11.4. The van der Waals surface area contributed by atoms with Crippen LogP contribution in [0.25, 0.3) is 16.6 Å². The molecule has 0 radical (unpaired) electrons. The van der Waals surface area contributed by atoms with E-state index in [0.717, 1.165) is 41.6 Å². The summed E-state index contributed by atoms with van der Waals surface area (Å²) in [6, 6.07) is 15.8. The zero-order valence-electron chi connectivity index (χ0n) is 18.9. The predicted molar refractivity (Wildman–Crippen MR) is 127 cm³/mol. The number of fused-ring (bicyclic) bond motifs is 1. The van der Waals surface area contributed by atoms with Crippen LogP contribution in [0.4, 0.5) is 0 Å². The molecule has 0 spiro atoms. The summed E-state index contributed by atoms with van der Waals surface area (Å²) in [5, 5.41) is 9.48. The summed E-state index contributed by atoms with van der Waals surface area (Å²) in [5.74, 6) is 1.09. The standard InChI is InChI=1S/C26H27N5O2/c1-18-9-10-24(31-28-13-14-29-31)22(16-18)26(32)30-15-5-6-20(19(30)2)17-33-25-11-12-27-23-8-4-3-7-21(23)25/h3-4,7-14,16,19-20H,5-6,15,17H2,1-2H3. The highest BCUT2D eigenvalue weighted by Crippen LogP contribution is 2.29. The lowest BCUT2D eigenvalue weighted by atomic mass is 9.90. The summed E-state index contributed by atoms with van der Waals surface area (Å²) in [4.78, 5) is 21.6. The monoisotopic (exact) mass is 441 g/mol. The second-order valence-electron chi connectivity index (χ2n) is 8.62. The number of amides is 1. The van der Waals surface area contributed by atoms with Gasteiger partial charge in [-0.15, -0.1) is 0 Å². The molecule has 168 valence electrons. The van der Waals surface area contributed by atoms with Crippen LogP contribution in [-0.4, -0.2) is 50.0 Å². The first-order chi connectivity index (χ1) is 16.1. The van der Waals surface area contributed by atoms with Crippen molar-refractivity contribution in [3.05, 3.63) is 78.2 Å². The minimum atomic E-state index is 0.0116. The van der Waals surface area contributed by atoms with Crippen molar-refractivity contribution in [3.63, 3.8) is 0 Å². The topological polar surface area (TPSA) is 73.1 Å². The Bertz CT molecular complexity index is 1270. The Hall–Kier alpha value is -3.74. The van der Waals surface area contributed by atoms with Gasteiger partial charge < -0.3 is 9.64 Å². The van der Waals surface area contributed by atoms with Gasteiger partial charge in [0.25, 0.3) is 5.91 Å². The molecule has 5 rings (SSSR count). The molecule has 2 aromatic heterocycles. The molecule has 1 amide bonds. The number of carbonyl (C=O) groups is 1. The smallest absolute Gasteiger partial charge is 0.256 e. The van der Waals surface area contributed by atoms with Crippen LogP contribution in [0, 0.1) is 12.8 Å². The van der Waals surface area contributed by atoms with Gasteiger partial charge in [0.1, 0.15) is 5.75 Å². The summed E-state index contributed by atoms with van der Waals surface area (Å²) in [6.45, 7) is 5.40. The van der Waals surface area contributed by atoms with Gasteiger partial charge >= 0.3 is 0 Å². The first-order valence-electron chi connectivity index (χ1n) is 11.4. The maximum Gasteiger partial charge on any atom is 0.256 e. The van der Waals surface area contributed by atoms with Gasteiger partial charge in [-0.25, -0.2) is 0 Å². The number of para-hydroxylation sites is 1. The molecule has 4 aromatic rings. The average molecular weight is 442 g/mol. The molecular formula is C26H27N5O2. The minimum Gasteiger partial charge on any atom is -0.492 e. The second-order valence-corrected chi connectivity index (χ2v) is 8.62. The number of benzene rings is 2. The van der Waals surface area contributed by atoms with E-state index in [1.807, 2.05) is 60.4 Å². The van der Waals surface area contributed by atoms with E-state index in [-0.39, 0.29) is 17.9 Å². The van der Waals surface area contributed by atoms with Gasteiger partial charge in [-0.3, -0.25) is 9.78 Å². The Labute approximate surface area is 193 Å². The second kappa shape index (κ2) is 9.02. The molecule has 7 heteroatoms. The number of aromatic nitrogens is 4. The molecule has 1 aliphatic heterocycles. The summed E-state index contributed by atoms with van der Waals surface area (Å²) in [5.41, 5.74) is 3.27. The molecule has 1 saturated heterocycles. The third-order valence-electron chi connectivity index (χ3n) is 6.49. The molecule has 33 heavy (non-hydrogen) atoms. The quantitative estimate of drug-likeness (QED) is 0.458. The van der Waals surface area contributed by atoms with E-state index in [9.17, 15) is 4.79 Å². The SMILES string of the molecule is Cc1ccc(-n2nccn2)c(C(=O)N2CCCC(COc3ccnc4ccccc34)C2C)c1. The number of pyridine rings is 1. The fourth-order valence-electron chi connectivity index (χ4n) is 4.61. The number of ether oxygens (including phenoxy) is 1. The molecule has 3 heterocycles. The lowest BCUT2D eigenvalue weighted by molar-refractivity contribution is 0.0453. The van der Waals surface area contributed by atoms with Crippen molar-refractivity contribution < 1.29 is 9.53 Å². The number of hydrogen-bond acceptors (Lipinski definition) is 5. The maximum atomic E-state index is 13.7. The van der Waals surface area contributed by atoms with E-state index in [2.05, 4.69) is 22.1 Å². The molecule has 1 aliphatic rings. The Morgan fingerprint density at radius 3 is 2.76 bits per heavy atom. The van der Waals surface area contributed by atoms with E-state index < -0.39 is 0 Å². The van der Waals surface area contributed by atoms with Crippen molar-refractivity contribution in [2.75, 3.05) is 13.2 Å². The molecule has 2 unspecified atom stereocenters. The van der Waals surface area contributed by atoms with Crippen LogP contribution in [0.15, 0.2) is 67.1 Å². The van der Waals surface area contributed by atoms with Gasteiger partial charge in [0.2, 0.25) is 0 Å². The van der Waals surface area contributed by atoms with E-state index in [4.69, 9.17) is 4.74 Å². The molecule has 2 atom stereocenters. The predicted octanol–water partition coefficient (Wildman–Crippen LogP) is 4.44.